The number of hydrogen-bond acceptors (Lipinski definition) is 3. The fourth-order valence-corrected chi connectivity index (χ4v) is 3.14. The lowest BCUT2D eigenvalue weighted by Crippen LogP contribution is -2.38. The molecule has 5 nitrogen and oxygen atoms in total. The molecule has 0 bridgehead atoms. The number of carbonyl (C=O) groups is 2. The zero-order valence-corrected chi connectivity index (χ0v) is 12.2. The maximum atomic E-state index is 12.8. The number of benzene rings is 1. The first kappa shape index (κ1) is 12.8. The van der Waals surface area contributed by atoms with E-state index in [2.05, 4.69) is 0 Å². The summed E-state index contributed by atoms with van der Waals surface area (Å²) in [5.41, 5.74) is 1.70. The fraction of sp³-hybridized carbons (Fsp3) is 0.118. The number of hydrogen-bond donors (Lipinski definition) is 0. The van der Waals surface area contributed by atoms with Gasteiger partial charge in [-0.1, -0.05) is 24.3 Å². The van der Waals surface area contributed by atoms with E-state index in [-0.39, 0.29) is 11.6 Å². The molecule has 0 amide bonds. The topological polar surface area (TPSA) is 56.1 Å². The maximum Gasteiger partial charge on any atom is 0.325 e. The molecule has 22 heavy (non-hydrogen) atoms. The van der Waals surface area contributed by atoms with Gasteiger partial charge in [-0.2, -0.15) is 0 Å². The van der Waals surface area contributed by atoms with Crippen LogP contribution >= 0.6 is 0 Å². The van der Waals surface area contributed by atoms with Gasteiger partial charge in [-0.05, 0) is 12.1 Å². The molecule has 2 heterocycles. The fourth-order valence-electron chi connectivity index (χ4n) is 3.14. The van der Waals surface area contributed by atoms with Crippen molar-refractivity contribution in [1.82, 2.24) is 4.57 Å². The predicted octanol–water partition coefficient (Wildman–Crippen LogP) is 1.89. The van der Waals surface area contributed by atoms with Crippen molar-refractivity contribution in [2.24, 2.45) is 14.1 Å². The molecule has 0 saturated heterocycles. The largest absolute Gasteiger partial charge is 0.456 e. The molecule has 1 aliphatic rings. The molecule has 1 aliphatic carbocycles. The van der Waals surface area contributed by atoms with Crippen LogP contribution in [0, 0.1) is 0 Å². The normalized spacial score (nSPS) is 13.2. The highest BCUT2D eigenvalue weighted by molar-refractivity contribution is 6.26. The third-order valence-corrected chi connectivity index (χ3v) is 4.12. The Balaban J connectivity index is 2.06. The van der Waals surface area contributed by atoms with Gasteiger partial charge in [0, 0.05) is 11.1 Å². The molecule has 0 saturated carbocycles. The Morgan fingerprint density at radius 2 is 1.68 bits per heavy atom. The van der Waals surface area contributed by atoms with Crippen LogP contribution in [-0.2, 0) is 14.1 Å². The zero-order chi connectivity index (χ0) is 15.4. The number of imidazole rings is 1. The smallest absolute Gasteiger partial charge is 0.325 e. The van der Waals surface area contributed by atoms with Gasteiger partial charge in [-0.3, -0.25) is 9.59 Å². The molecule has 0 N–H and O–H groups in total. The van der Waals surface area contributed by atoms with Crippen molar-refractivity contribution in [3.63, 3.8) is 0 Å². The molecular formula is C17H13N2O3+. The van der Waals surface area contributed by atoms with Crippen molar-refractivity contribution in [2.75, 3.05) is 0 Å². The average molecular weight is 293 g/mol. The van der Waals surface area contributed by atoms with Crippen LogP contribution < -0.4 is 4.57 Å². The van der Waals surface area contributed by atoms with Crippen LogP contribution in [0.3, 0.4) is 0 Å². The Bertz CT molecular complexity index is 875. The first-order valence-electron chi connectivity index (χ1n) is 6.92. The van der Waals surface area contributed by atoms with E-state index >= 15 is 0 Å². The van der Waals surface area contributed by atoms with E-state index in [9.17, 15) is 9.59 Å². The molecule has 108 valence electrons. The SMILES string of the molecule is Cn1c2c([n+](C)c1-c1ccco1)C(=O)c1ccccc1C2=O. The Kier molecular flexibility index (Phi) is 2.48. The van der Waals surface area contributed by atoms with E-state index in [1.54, 1.807) is 59.8 Å². The molecule has 1 aromatic carbocycles. The van der Waals surface area contributed by atoms with Crippen molar-refractivity contribution in [3.8, 4) is 11.6 Å². The molecular weight excluding hydrogens is 280 g/mol. The number of fused-ring (bicyclic) bond motifs is 2. The first-order chi connectivity index (χ1) is 10.6. The second-order valence-corrected chi connectivity index (χ2v) is 5.32. The second-order valence-electron chi connectivity index (χ2n) is 5.32. The Morgan fingerprint density at radius 3 is 2.32 bits per heavy atom. The number of aromatic nitrogens is 2. The predicted molar refractivity (Wildman–Crippen MR) is 77.6 cm³/mol. The second kappa shape index (κ2) is 4.27. The molecule has 3 aromatic rings. The summed E-state index contributed by atoms with van der Waals surface area (Å²) in [6, 6.07) is 10.5. The van der Waals surface area contributed by atoms with E-state index in [0.29, 0.717) is 34.1 Å². The van der Waals surface area contributed by atoms with Gasteiger partial charge >= 0.3 is 5.82 Å². The van der Waals surface area contributed by atoms with Crippen molar-refractivity contribution >= 4 is 11.6 Å². The van der Waals surface area contributed by atoms with Gasteiger partial charge in [0.1, 0.15) is 0 Å². The third-order valence-electron chi connectivity index (χ3n) is 4.12. The number of furan rings is 1. The van der Waals surface area contributed by atoms with Crippen LogP contribution in [0.1, 0.15) is 32.1 Å². The van der Waals surface area contributed by atoms with Crippen LogP contribution in [-0.4, -0.2) is 16.1 Å². The summed E-state index contributed by atoms with van der Waals surface area (Å²) in [4.78, 5) is 25.6. The highest BCUT2D eigenvalue weighted by Gasteiger charge is 2.42. The standard InChI is InChI=1S/C17H13N2O3/c1-18-13-14(19(2)17(18)12-8-5-9-22-12)16(21)11-7-4-3-6-10(11)15(13)20/h3-9H,1-2H3/q+1. The lowest BCUT2D eigenvalue weighted by molar-refractivity contribution is -0.661. The van der Waals surface area contributed by atoms with Gasteiger partial charge in [0.25, 0.3) is 0 Å². The van der Waals surface area contributed by atoms with E-state index in [1.807, 2.05) is 6.07 Å². The minimum absolute atomic E-state index is 0.138. The first-order valence-corrected chi connectivity index (χ1v) is 6.92. The van der Waals surface area contributed by atoms with Gasteiger partial charge < -0.3 is 4.42 Å². The number of carbonyl (C=O) groups excluding carboxylic acids is 2. The molecule has 0 aliphatic heterocycles. The number of nitrogens with zero attached hydrogens (tertiary/aromatic N) is 2. The van der Waals surface area contributed by atoms with Crippen LogP contribution in [0.5, 0.6) is 0 Å². The summed E-state index contributed by atoms with van der Waals surface area (Å²) in [7, 11) is 3.55. The highest BCUT2D eigenvalue weighted by atomic mass is 16.3. The zero-order valence-electron chi connectivity index (χ0n) is 12.2. The van der Waals surface area contributed by atoms with Crippen LogP contribution in [0.25, 0.3) is 11.6 Å². The Morgan fingerprint density at radius 1 is 1.00 bits per heavy atom. The molecule has 0 fully saturated rings. The summed E-state index contributed by atoms with van der Waals surface area (Å²) < 4.78 is 8.90. The lowest BCUT2D eigenvalue weighted by atomic mass is 9.90. The minimum atomic E-state index is -0.138. The summed E-state index contributed by atoms with van der Waals surface area (Å²) >= 11 is 0. The van der Waals surface area contributed by atoms with Gasteiger partial charge in [0.05, 0.1) is 20.4 Å². The molecule has 4 rings (SSSR count). The summed E-state index contributed by atoms with van der Waals surface area (Å²) in [5, 5.41) is 0. The molecule has 0 radical (unpaired) electrons. The molecule has 0 atom stereocenters. The van der Waals surface area contributed by atoms with E-state index < -0.39 is 0 Å². The Hall–Kier alpha value is -2.95. The van der Waals surface area contributed by atoms with Gasteiger partial charge in [-0.25, -0.2) is 9.13 Å². The molecule has 5 heteroatoms. The summed E-state index contributed by atoms with van der Waals surface area (Å²) in [6.07, 6.45) is 1.57. The van der Waals surface area contributed by atoms with E-state index in [0.717, 1.165) is 0 Å². The van der Waals surface area contributed by atoms with E-state index in [4.69, 9.17) is 4.42 Å². The summed E-state index contributed by atoms with van der Waals surface area (Å²) in [5.74, 6) is 1.02. The van der Waals surface area contributed by atoms with Gasteiger partial charge in [-0.15, -0.1) is 0 Å². The van der Waals surface area contributed by atoms with Crippen molar-refractivity contribution in [1.29, 1.82) is 0 Å². The maximum absolute atomic E-state index is 12.8. The van der Waals surface area contributed by atoms with E-state index in [1.165, 1.54) is 0 Å². The number of rotatable bonds is 1. The quantitative estimate of drug-likeness (QED) is 0.504. The minimum Gasteiger partial charge on any atom is -0.456 e. The third kappa shape index (κ3) is 1.45. The van der Waals surface area contributed by atoms with Gasteiger partial charge in [0.2, 0.25) is 28.7 Å². The van der Waals surface area contributed by atoms with Gasteiger partial charge in [0.15, 0.2) is 0 Å². The van der Waals surface area contributed by atoms with Crippen LogP contribution in [0.15, 0.2) is 47.1 Å². The average Bonchev–Trinajstić information content (AvgIpc) is 3.12. The van der Waals surface area contributed by atoms with Crippen LogP contribution in [0.2, 0.25) is 0 Å². The van der Waals surface area contributed by atoms with Crippen LogP contribution in [0.4, 0.5) is 0 Å². The molecule has 0 unspecified atom stereocenters. The monoisotopic (exact) mass is 293 g/mol. The summed E-state index contributed by atoms with van der Waals surface area (Å²) in [6.45, 7) is 0. The highest BCUT2D eigenvalue weighted by Crippen LogP contribution is 2.29. The van der Waals surface area contributed by atoms with Crippen molar-refractivity contribution in [3.05, 3.63) is 65.2 Å². The lowest BCUT2D eigenvalue weighted by Gasteiger charge is -2.11. The molecule has 2 aromatic heterocycles. The van der Waals surface area contributed by atoms with Crippen molar-refractivity contribution in [2.45, 2.75) is 0 Å². The number of ketones is 2. The van der Waals surface area contributed by atoms with Crippen molar-refractivity contribution < 1.29 is 18.6 Å². The molecule has 0 spiro atoms. The Labute approximate surface area is 126 Å².